The Balaban J connectivity index is 1.52. The third-order valence-electron chi connectivity index (χ3n) is 5.75. The van der Waals surface area contributed by atoms with Gasteiger partial charge in [0.1, 0.15) is 5.56 Å². The number of carbonyl (C=O) groups excluding carboxylic acids is 1. The predicted octanol–water partition coefficient (Wildman–Crippen LogP) is 2.34. The second-order valence-electron chi connectivity index (χ2n) is 8.24. The molecule has 8 heteroatoms. The third kappa shape index (κ3) is 4.11. The van der Waals surface area contributed by atoms with Gasteiger partial charge in [0.05, 0.1) is 36.8 Å². The Labute approximate surface area is 170 Å². The van der Waals surface area contributed by atoms with Gasteiger partial charge in [0.2, 0.25) is 0 Å². The monoisotopic (exact) mass is 394 g/mol. The topological polar surface area (TPSA) is 118 Å². The lowest BCUT2D eigenvalue weighted by Crippen LogP contribution is -2.61. The predicted molar refractivity (Wildman–Crippen MR) is 109 cm³/mol. The number of primary amides is 1. The largest absolute Gasteiger partial charge is 0.377 e. The first kappa shape index (κ1) is 19.4. The van der Waals surface area contributed by atoms with Crippen LogP contribution in [0.5, 0.6) is 0 Å². The number of hydrogen-bond acceptors (Lipinski definition) is 6. The number of amides is 1. The minimum Gasteiger partial charge on any atom is -0.377 e. The Morgan fingerprint density at radius 1 is 1.34 bits per heavy atom. The molecule has 1 saturated heterocycles. The van der Waals surface area contributed by atoms with E-state index in [0.717, 1.165) is 24.9 Å². The maximum Gasteiger partial charge on any atom is 0.254 e. The van der Waals surface area contributed by atoms with E-state index in [1.807, 2.05) is 30.3 Å². The summed E-state index contributed by atoms with van der Waals surface area (Å²) in [7, 11) is 0. The summed E-state index contributed by atoms with van der Waals surface area (Å²) in [5, 5.41) is 21.2. The van der Waals surface area contributed by atoms with Gasteiger partial charge in [-0.05, 0) is 38.3 Å². The lowest BCUT2D eigenvalue weighted by atomic mass is 9.81. The minimum atomic E-state index is -0.545. The summed E-state index contributed by atoms with van der Waals surface area (Å²) in [5.74, 6) is -0.327. The van der Waals surface area contributed by atoms with Crippen LogP contribution in [-0.4, -0.2) is 40.5 Å². The van der Waals surface area contributed by atoms with Crippen LogP contribution >= 0.6 is 0 Å². The second-order valence-corrected chi connectivity index (χ2v) is 8.24. The number of benzene rings is 1. The van der Waals surface area contributed by atoms with E-state index in [2.05, 4.69) is 28.7 Å². The molecule has 3 unspecified atom stereocenters. The van der Waals surface area contributed by atoms with Crippen LogP contribution in [0.2, 0.25) is 0 Å². The van der Waals surface area contributed by atoms with Crippen molar-refractivity contribution in [2.75, 3.05) is 18.5 Å². The number of aromatic nitrogens is 2. The van der Waals surface area contributed by atoms with Gasteiger partial charge in [-0.3, -0.25) is 9.48 Å². The van der Waals surface area contributed by atoms with E-state index in [1.165, 1.54) is 0 Å². The maximum absolute atomic E-state index is 11.9. The van der Waals surface area contributed by atoms with Crippen LogP contribution in [-0.2, 0) is 4.74 Å². The van der Waals surface area contributed by atoms with Gasteiger partial charge in [-0.1, -0.05) is 18.2 Å². The van der Waals surface area contributed by atoms with E-state index in [-0.39, 0.29) is 23.5 Å². The quantitative estimate of drug-likeness (QED) is 0.692. The molecule has 4 N–H and O–H groups in total. The fourth-order valence-corrected chi connectivity index (χ4v) is 4.22. The molecule has 1 amide bonds. The first-order valence-electron chi connectivity index (χ1n) is 9.93. The minimum absolute atomic E-state index is 0.00905. The lowest BCUT2D eigenvalue weighted by molar-refractivity contribution is -0.0724. The van der Waals surface area contributed by atoms with E-state index < -0.39 is 5.91 Å². The standard InChI is InChI=1S/C21H26N6O2/c1-21(12-29-13-21)25-16-7-8-18(14(9-16)10-22)27-11-17(19(23)28)20(26-27)24-15-5-3-2-4-6-15/h2-6,11,14,16,18,25H,7-9,12-13H2,1H3,(H2,23,28)(H,24,26). The van der Waals surface area contributed by atoms with Crippen molar-refractivity contribution in [3.63, 3.8) is 0 Å². The zero-order valence-electron chi connectivity index (χ0n) is 16.5. The first-order chi connectivity index (χ1) is 14.0. The summed E-state index contributed by atoms with van der Waals surface area (Å²) in [6.07, 6.45) is 4.14. The van der Waals surface area contributed by atoms with Crippen LogP contribution in [0.3, 0.4) is 0 Å². The summed E-state index contributed by atoms with van der Waals surface area (Å²) in [6, 6.07) is 12.1. The molecule has 8 nitrogen and oxygen atoms in total. The SMILES string of the molecule is CC1(NC2CCC(n3cc(C(N)=O)c(Nc4ccccc4)n3)C(C#N)C2)COC1. The molecule has 2 fully saturated rings. The number of nitrogens with one attached hydrogen (secondary N) is 2. The molecule has 152 valence electrons. The van der Waals surface area contributed by atoms with Crippen LogP contribution in [0.1, 0.15) is 42.6 Å². The van der Waals surface area contributed by atoms with Crippen LogP contribution in [0, 0.1) is 17.2 Å². The van der Waals surface area contributed by atoms with Crippen LogP contribution < -0.4 is 16.4 Å². The Morgan fingerprint density at radius 3 is 2.72 bits per heavy atom. The van der Waals surface area contributed by atoms with Crippen molar-refractivity contribution in [3.8, 4) is 6.07 Å². The molecular weight excluding hydrogens is 368 g/mol. The second kappa shape index (κ2) is 7.85. The number of rotatable bonds is 6. The number of ether oxygens (including phenoxy) is 1. The van der Waals surface area contributed by atoms with Crippen molar-refractivity contribution in [1.82, 2.24) is 15.1 Å². The van der Waals surface area contributed by atoms with Gasteiger partial charge in [0.25, 0.3) is 5.91 Å². The number of anilines is 2. The first-order valence-corrected chi connectivity index (χ1v) is 9.93. The van der Waals surface area contributed by atoms with Gasteiger partial charge >= 0.3 is 0 Å². The summed E-state index contributed by atoms with van der Waals surface area (Å²) >= 11 is 0. The molecule has 1 aromatic carbocycles. The van der Waals surface area contributed by atoms with E-state index in [9.17, 15) is 10.1 Å². The van der Waals surface area contributed by atoms with Crippen LogP contribution in [0.25, 0.3) is 0 Å². The van der Waals surface area contributed by atoms with E-state index >= 15 is 0 Å². The molecular formula is C21H26N6O2. The Bertz CT molecular complexity index is 915. The fourth-order valence-electron chi connectivity index (χ4n) is 4.22. The molecule has 0 bridgehead atoms. The van der Waals surface area contributed by atoms with Gasteiger partial charge in [-0.15, -0.1) is 0 Å². The van der Waals surface area contributed by atoms with Gasteiger partial charge in [-0.2, -0.15) is 10.4 Å². The normalized spacial score (nSPS) is 25.6. The van der Waals surface area contributed by atoms with E-state index in [4.69, 9.17) is 10.5 Å². The van der Waals surface area contributed by atoms with Crippen LogP contribution in [0.4, 0.5) is 11.5 Å². The molecule has 3 atom stereocenters. The van der Waals surface area contributed by atoms with Gasteiger partial charge in [0, 0.05) is 17.9 Å². The highest BCUT2D eigenvalue weighted by Gasteiger charge is 2.39. The highest BCUT2D eigenvalue weighted by atomic mass is 16.5. The summed E-state index contributed by atoms with van der Waals surface area (Å²) in [6.45, 7) is 3.57. The molecule has 2 heterocycles. The Kier molecular flexibility index (Phi) is 5.26. The molecule has 1 saturated carbocycles. The van der Waals surface area contributed by atoms with Gasteiger partial charge < -0.3 is 21.1 Å². The maximum atomic E-state index is 11.9. The van der Waals surface area contributed by atoms with Crippen molar-refractivity contribution in [2.24, 2.45) is 11.7 Å². The zero-order valence-corrected chi connectivity index (χ0v) is 16.5. The van der Waals surface area contributed by atoms with Gasteiger partial charge in [-0.25, -0.2) is 0 Å². The molecule has 1 aliphatic heterocycles. The summed E-state index contributed by atoms with van der Waals surface area (Å²) in [5.41, 5.74) is 6.73. The molecule has 4 rings (SSSR count). The summed E-state index contributed by atoms with van der Waals surface area (Å²) in [4.78, 5) is 11.9. The van der Waals surface area contributed by atoms with E-state index in [1.54, 1.807) is 10.9 Å². The molecule has 0 spiro atoms. The van der Waals surface area contributed by atoms with Gasteiger partial charge in [0.15, 0.2) is 5.82 Å². The summed E-state index contributed by atoms with van der Waals surface area (Å²) < 4.78 is 7.06. The highest BCUT2D eigenvalue weighted by Crippen LogP contribution is 2.36. The molecule has 29 heavy (non-hydrogen) atoms. The molecule has 1 aliphatic carbocycles. The number of carbonyl (C=O) groups is 1. The van der Waals surface area contributed by atoms with Crippen molar-refractivity contribution >= 4 is 17.4 Å². The van der Waals surface area contributed by atoms with Crippen molar-refractivity contribution in [1.29, 1.82) is 5.26 Å². The van der Waals surface area contributed by atoms with Crippen molar-refractivity contribution < 1.29 is 9.53 Å². The fraction of sp³-hybridized carbons (Fsp3) is 0.476. The number of hydrogen-bond donors (Lipinski definition) is 3. The molecule has 1 aromatic heterocycles. The molecule has 2 aromatic rings. The zero-order chi connectivity index (χ0) is 20.4. The average Bonchev–Trinajstić information content (AvgIpc) is 3.11. The third-order valence-corrected chi connectivity index (χ3v) is 5.75. The average molecular weight is 394 g/mol. The molecule has 0 radical (unpaired) electrons. The smallest absolute Gasteiger partial charge is 0.254 e. The number of nitrogens with two attached hydrogens (primary N) is 1. The number of nitriles is 1. The van der Waals surface area contributed by atoms with Crippen molar-refractivity contribution in [3.05, 3.63) is 42.1 Å². The Morgan fingerprint density at radius 2 is 2.10 bits per heavy atom. The van der Waals surface area contributed by atoms with Crippen molar-refractivity contribution in [2.45, 2.75) is 43.8 Å². The highest BCUT2D eigenvalue weighted by molar-refractivity contribution is 5.98. The number of para-hydroxylation sites is 1. The van der Waals surface area contributed by atoms with E-state index in [0.29, 0.717) is 24.6 Å². The lowest BCUT2D eigenvalue weighted by Gasteiger charge is -2.44. The van der Waals surface area contributed by atoms with Crippen LogP contribution in [0.15, 0.2) is 36.5 Å². The molecule has 2 aliphatic rings. The number of nitrogens with zero attached hydrogens (tertiary/aromatic N) is 3. The Hall–Kier alpha value is -2.89.